The quantitative estimate of drug-likeness (QED) is 0.541. The van der Waals surface area contributed by atoms with E-state index in [1.54, 1.807) is 17.2 Å². The Bertz CT molecular complexity index is 1090. The largest absolute Gasteiger partial charge is 0.383 e. The lowest BCUT2D eigenvalue weighted by molar-refractivity contribution is -0.126. The van der Waals surface area contributed by atoms with E-state index in [1.165, 1.54) is 0 Å². The zero-order valence-electron chi connectivity index (χ0n) is 19.5. The Morgan fingerprint density at radius 1 is 1.24 bits per heavy atom. The third-order valence-corrected chi connectivity index (χ3v) is 6.36. The number of halogens is 1. The van der Waals surface area contributed by atoms with Crippen LogP contribution in [0.15, 0.2) is 48.7 Å². The number of amides is 1. The number of carbonyl (C=O) groups excluding carboxylic acids is 1. The minimum absolute atomic E-state index is 0. The molecule has 0 radical (unpaired) electrons. The molecule has 0 spiro atoms. The maximum atomic E-state index is 12.8. The lowest BCUT2D eigenvalue weighted by Gasteiger charge is -2.32. The zero-order valence-corrected chi connectivity index (χ0v) is 20.3. The van der Waals surface area contributed by atoms with Crippen molar-refractivity contribution in [2.24, 2.45) is 0 Å². The van der Waals surface area contributed by atoms with E-state index < -0.39 is 0 Å². The van der Waals surface area contributed by atoms with Crippen LogP contribution >= 0.6 is 12.4 Å². The first-order chi connectivity index (χ1) is 15.4. The van der Waals surface area contributed by atoms with Gasteiger partial charge < -0.3 is 20.5 Å². The van der Waals surface area contributed by atoms with Crippen molar-refractivity contribution in [1.82, 2.24) is 24.7 Å². The highest BCUT2D eigenvalue weighted by Gasteiger charge is 2.18. The molecule has 1 aromatic carbocycles. The van der Waals surface area contributed by atoms with E-state index in [0.717, 1.165) is 60.4 Å². The first-order valence-electron chi connectivity index (χ1n) is 11.1. The van der Waals surface area contributed by atoms with Crippen molar-refractivity contribution in [3.05, 3.63) is 65.5 Å². The summed E-state index contributed by atoms with van der Waals surface area (Å²) in [6.45, 7) is 6.95. The Labute approximate surface area is 201 Å². The number of rotatable bonds is 6. The van der Waals surface area contributed by atoms with Crippen molar-refractivity contribution < 1.29 is 4.79 Å². The molecule has 3 N–H and O–H groups in total. The summed E-state index contributed by atoms with van der Waals surface area (Å²) in [5, 5.41) is 1.14. The Hall–Kier alpha value is -2.87. The molecule has 3 aromatic rings. The molecule has 7 nitrogen and oxygen atoms in total. The van der Waals surface area contributed by atoms with E-state index in [-0.39, 0.29) is 24.4 Å². The minimum Gasteiger partial charge on any atom is -0.383 e. The van der Waals surface area contributed by atoms with Gasteiger partial charge >= 0.3 is 0 Å². The van der Waals surface area contributed by atoms with Crippen LogP contribution in [0.25, 0.3) is 17.0 Å². The Morgan fingerprint density at radius 2 is 1.97 bits per heavy atom. The number of pyridine rings is 1. The number of para-hydroxylation sites is 1. The summed E-state index contributed by atoms with van der Waals surface area (Å²) in [4.78, 5) is 27.0. The number of H-pyrrole nitrogens is 1. The van der Waals surface area contributed by atoms with Crippen molar-refractivity contribution >= 4 is 41.1 Å². The van der Waals surface area contributed by atoms with Gasteiger partial charge in [0.05, 0.1) is 6.04 Å². The van der Waals surface area contributed by atoms with Gasteiger partial charge in [-0.05, 0) is 49.2 Å². The van der Waals surface area contributed by atoms with Crippen LogP contribution in [0.2, 0.25) is 0 Å². The lowest BCUT2D eigenvalue weighted by atomic mass is 10.1. The summed E-state index contributed by atoms with van der Waals surface area (Å²) in [5.41, 5.74) is 10.1. The van der Waals surface area contributed by atoms with Crippen LogP contribution in [-0.4, -0.2) is 70.8 Å². The number of carbonyl (C=O) groups is 1. The normalized spacial score (nSPS) is 16.1. The number of nitrogen functional groups attached to an aromatic ring is 1. The molecule has 1 aliphatic heterocycles. The number of hydrogen-bond donors (Lipinski definition) is 2. The van der Waals surface area contributed by atoms with Gasteiger partial charge in [0.1, 0.15) is 5.82 Å². The van der Waals surface area contributed by atoms with E-state index in [1.807, 2.05) is 44.3 Å². The van der Waals surface area contributed by atoms with Crippen molar-refractivity contribution in [2.75, 3.05) is 46.0 Å². The predicted octanol–water partition coefficient (Wildman–Crippen LogP) is 3.55. The molecule has 8 heteroatoms. The third kappa shape index (κ3) is 5.93. The Kier molecular flexibility index (Phi) is 8.13. The van der Waals surface area contributed by atoms with Crippen LogP contribution in [0.5, 0.6) is 0 Å². The van der Waals surface area contributed by atoms with Gasteiger partial charge in [-0.2, -0.15) is 0 Å². The second-order valence-corrected chi connectivity index (χ2v) is 8.66. The molecule has 4 rings (SSSR count). The monoisotopic (exact) mass is 468 g/mol. The molecular formula is C25H33ClN6O. The van der Waals surface area contributed by atoms with Gasteiger partial charge in [-0.3, -0.25) is 9.69 Å². The lowest BCUT2D eigenvalue weighted by Crippen LogP contribution is -2.44. The van der Waals surface area contributed by atoms with Crippen molar-refractivity contribution in [2.45, 2.75) is 19.5 Å². The van der Waals surface area contributed by atoms with Gasteiger partial charge in [-0.15, -0.1) is 12.4 Å². The van der Waals surface area contributed by atoms with E-state index in [9.17, 15) is 4.79 Å². The molecule has 1 atom stereocenters. The van der Waals surface area contributed by atoms with Gasteiger partial charge in [-0.25, -0.2) is 4.98 Å². The fraction of sp³-hybridized carbons (Fsp3) is 0.360. The highest BCUT2D eigenvalue weighted by atomic mass is 35.5. The average molecular weight is 469 g/mol. The number of anilines is 1. The standard InChI is InChI=1S/C25H32N6O.ClH/c1-18(23-15-20-6-4-5-7-22(20)28-23)30(3)24(32)9-8-19-14-21(25(26)27-16-19)17-31-12-10-29(2)11-13-31;/h4-9,14-16,18,28H,10-13,17H2,1-3H3,(H2,26,27);1H. The van der Waals surface area contributed by atoms with Crippen LogP contribution in [0.1, 0.15) is 29.8 Å². The predicted molar refractivity (Wildman–Crippen MR) is 137 cm³/mol. The number of hydrogen-bond acceptors (Lipinski definition) is 5. The molecule has 176 valence electrons. The summed E-state index contributed by atoms with van der Waals surface area (Å²) in [6, 6.07) is 12.2. The molecule has 1 amide bonds. The van der Waals surface area contributed by atoms with Crippen LogP contribution in [0, 0.1) is 0 Å². The molecule has 0 aliphatic carbocycles. The highest BCUT2D eigenvalue weighted by Crippen LogP contribution is 2.23. The van der Waals surface area contributed by atoms with Crippen LogP contribution < -0.4 is 5.73 Å². The topological polar surface area (TPSA) is 81.5 Å². The third-order valence-electron chi connectivity index (χ3n) is 6.36. The Balaban J connectivity index is 0.00000306. The summed E-state index contributed by atoms with van der Waals surface area (Å²) >= 11 is 0. The van der Waals surface area contributed by atoms with Gasteiger partial charge in [0, 0.05) is 68.8 Å². The summed E-state index contributed by atoms with van der Waals surface area (Å²) in [7, 11) is 3.97. The second kappa shape index (κ2) is 10.8. The summed E-state index contributed by atoms with van der Waals surface area (Å²) in [6.07, 6.45) is 5.14. The molecule has 33 heavy (non-hydrogen) atoms. The number of nitrogens with one attached hydrogen (secondary N) is 1. The number of nitrogens with two attached hydrogens (primary N) is 1. The first kappa shape index (κ1) is 24.8. The number of fused-ring (bicyclic) bond motifs is 1. The van der Waals surface area contributed by atoms with Crippen LogP contribution in [0.4, 0.5) is 5.82 Å². The SMILES string of the molecule is CC(c1cc2ccccc2[nH]1)N(C)C(=O)C=Cc1cnc(N)c(CN2CCN(C)CC2)c1.Cl. The molecule has 0 bridgehead atoms. The highest BCUT2D eigenvalue weighted by molar-refractivity contribution is 5.92. The smallest absolute Gasteiger partial charge is 0.246 e. The molecule has 1 unspecified atom stereocenters. The fourth-order valence-corrected chi connectivity index (χ4v) is 4.01. The molecule has 1 aliphatic rings. The van der Waals surface area contributed by atoms with E-state index in [2.05, 4.69) is 38.9 Å². The minimum atomic E-state index is -0.0723. The molecule has 2 aromatic heterocycles. The van der Waals surface area contributed by atoms with Crippen LogP contribution in [-0.2, 0) is 11.3 Å². The Morgan fingerprint density at radius 3 is 2.70 bits per heavy atom. The summed E-state index contributed by atoms with van der Waals surface area (Å²) < 4.78 is 0. The number of aromatic nitrogens is 2. The van der Waals surface area contributed by atoms with Gasteiger partial charge in [-0.1, -0.05) is 18.2 Å². The molecule has 0 saturated carbocycles. The van der Waals surface area contributed by atoms with Gasteiger partial charge in [0.2, 0.25) is 5.91 Å². The number of nitrogens with zero attached hydrogens (tertiary/aromatic N) is 4. The number of likely N-dealkylation sites (N-methyl/N-ethyl adjacent to an activating group) is 2. The molecule has 3 heterocycles. The van der Waals surface area contributed by atoms with E-state index in [4.69, 9.17) is 5.73 Å². The van der Waals surface area contributed by atoms with E-state index >= 15 is 0 Å². The maximum absolute atomic E-state index is 12.8. The van der Waals surface area contributed by atoms with Gasteiger partial charge in [0.25, 0.3) is 0 Å². The van der Waals surface area contributed by atoms with Crippen LogP contribution in [0.3, 0.4) is 0 Å². The molecule has 1 fully saturated rings. The second-order valence-electron chi connectivity index (χ2n) is 8.66. The number of piperazine rings is 1. The first-order valence-corrected chi connectivity index (χ1v) is 11.1. The summed E-state index contributed by atoms with van der Waals surface area (Å²) in [5.74, 6) is 0.491. The number of aromatic amines is 1. The number of benzene rings is 1. The molecular weight excluding hydrogens is 436 g/mol. The maximum Gasteiger partial charge on any atom is 0.246 e. The fourth-order valence-electron chi connectivity index (χ4n) is 4.01. The van der Waals surface area contributed by atoms with Crippen molar-refractivity contribution in [3.63, 3.8) is 0 Å². The molecule has 1 saturated heterocycles. The van der Waals surface area contributed by atoms with Gasteiger partial charge in [0.15, 0.2) is 0 Å². The van der Waals surface area contributed by atoms with Crippen molar-refractivity contribution in [1.29, 1.82) is 0 Å². The van der Waals surface area contributed by atoms with E-state index in [0.29, 0.717) is 5.82 Å². The zero-order chi connectivity index (χ0) is 22.7. The average Bonchev–Trinajstić information content (AvgIpc) is 3.24. The van der Waals surface area contributed by atoms with Crippen molar-refractivity contribution in [3.8, 4) is 0 Å².